The number of rotatable bonds is 10. The van der Waals surface area contributed by atoms with Gasteiger partial charge in [-0.05, 0) is 42.7 Å². The fourth-order valence-electron chi connectivity index (χ4n) is 3.15. The number of amides is 2. The van der Waals surface area contributed by atoms with Crippen molar-refractivity contribution in [2.45, 2.75) is 25.9 Å². The first-order chi connectivity index (χ1) is 17.5. The predicted octanol–water partition coefficient (Wildman–Crippen LogP) is 4.24. The second-order valence-electron chi connectivity index (χ2n) is 7.78. The number of halogens is 3. The minimum Gasteiger partial charge on any atom is -0.481 e. The Morgan fingerprint density at radius 1 is 1.11 bits per heavy atom. The van der Waals surface area contributed by atoms with E-state index in [0.29, 0.717) is 23.0 Å². The Morgan fingerprint density at radius 3 is 2.51 bits per heavy atom. The first kappa shape index (κ1) is 26.9. The van der Waals surface area contributed by atoms with Crippen molar-refractivity contribution in [1.29, 1.82) is 0 Å². The number of aryl methyl sites for hydroxylation is 2. The Morgan fingerprint density at radius 2 is 1.86 bits per heavy atom. The normalized spacial score (nSPS) is 10.9. The number of nitrogens with zero attached hydrogens (tertiary/aromatic N) is 3. The number of carbonyl (C=O) groups is 2. The van der Waals surface area contributed by atoms with Crippen LogP contribution in [-0.2, 0) is 22.2 Å². The van der Waals surface area contributed by atoms with E-state index in [1.54, 1.807) is 19.1 Å². The quantitative estimate of drug-likeness (QED) is 0.294. The van der Waals surface area contributed by atoms with Crippen molar-refractivity contribution in [3.8, 4) is 5.88 Å². The van der Waals surface area contributed by atoms with Gasteiger partial charge in [0.1, 0.15) is 11.4 Å². The summed E-state index contributed by atoms with van der Waals surface area (Å²) in [6, 6.07) is 6.13. The lowest BCUT2D eigenvalue weighted by atomic mass is 10.1. The molecule has 0 saturated heterocycles. The van der Waals surface area contributed by atoms with Crippen LogP contribution in [0.1, 0.15) is 23.1 Å². The molecule has 3 rings (SSSR count). The zero-order valence-corrected chi connectivity index (χ0v) is 19.9. The number of primary amides is 1. The molecule has 0 saturated carbocycles. The van der Waals surface area contributed by atoms with Gasteiger partial charge in [-0.1, -0.05) is 12.6 Å². The molecule has 0 unspecified atom stereocenters. The first-order valence-corrected chi connectivity index (χ1v) is 10.8. The molecule has 2 heterocycles. The van der Waals surface area contributed by atoms with Crippen LogP contribution in [0.25, 0.3) is 0 Å². The van der Waals surface area contributed by atoms with E-state index in [1.807, 2.05) is 0 Å². The number of nitrogens with two attached hydrogens (primary N) is 1. The van der Waals surface area contributed by atoms with Crippen LogP contribution in [0.4, 0.5) is 42.0 Å². The molecule has 0 atom stereocenters. The standard InChI is InChI=1S/C24H24F3N7O3/c1-4-20(36)31-18-9-14(6-8-19(28)35)5-7-16(18)32-22-15(24(25,26)27)12-30-23(34-22)33-17-10-21(37-3)29-11-13(17)2/h4-5,7,9-12H,1,6,8H2,2-3H3,(H2,28,35)(H,31,36)(H2,29,30,32,33,34). The van der Waals surface area contributed by atoms with Gasteiger partial charge in [-0.2, -0.15) is 18.2 Å². The summed E-state index contributed by atoms with van der Waals surface area (Å²) in [4.78, 5) is 35.0. The van der Waals surface area contributed by atoms with Crippen LogP contribution in [0, 0.1) is 6.92 Å². The van der Waals surface area contributed by atoms with Gasteiger partial charge in [0, 0.05) is 24.9 Å². The van der Waals surface area contributed by atoms with E-state index in [9.17, 15) is 22.8 Å². The van der Waals surface area contributed by atoms with E-state index in [-0.39, 0.29) is 36.0 Å². The summed E-state index contributed by atoms with van der Waals surface area (Å²) in [6.07, 6.45) is -1.26. The summed E-state index contributed by atoms with van der Waals surface area (Å²) >= 11 is 0. The van der Waals surface area contributed by atoms with E-state index in [0.717, 1.165) is 6.08 Å². The fourth-order valence-corrected chi connectivity index (χ4v) is 3.15. The molecule has 2 aromatic heterocycles. The molecule has 2 amide bonds. The van der Waals surface area contributed by atoms with Gasteiger partial charge in [-0.25, -0.2) is 9.97 Å². The van der Waals surface area contributed by atoms with E-state index in [1.165, 1.54) is 25.4 Å². The van der Waals surface area contributed by atoms with E-state index >= 15 is 0 Å². The maximum absolute atomic E-state index is 13.8. The maximum Gasteiger partial charge on any atom is 0.421 e. The highest BCUT2D eigenvalue weighted by Crippen LogP contribution is 2.37. The Hall–Kier alpha value is -4.68. The number of nitrogens with one attached hydrogen (secondary N) is 3. The fraction of sp³-hybridized carbons (Fsp3) is 0.208. The molecule has 194 valence electrons. The van der Waals surface area contributed by atoms with Crippen LogP contribution in [0.2, 0.25) is 0 Å². The third-order valence-electron chi connectivity index (χ3n) is 5.07. The van der Waals surface area contributed by atoms with Gasteiger partial charge in [0.15, 0.2) is 0 Å². The number of carbonyl (C=O) groups excluding carboxylic acids is 2. The number of benzene rings is 1. The summed E-state index contributed by atoms with van der Waals surface area (Å²) in [5.74, 6) is -1.49. The summed E-state index contributed by atoms with van der Waals surface area (Å²) in [7, 11) is 1.43. The number of hydrogen-bond donors (Lipinski definition) is 4. The average molecular weight is 515 g/mol. The molecular formula is C24H24F3N7O3. The molecule has 0 spiro atoms. The minimum atomic E-state index is -4.78. The predicted molar refractivity (Wildman–Crippen MR) is 132 cm³/mol. The van der Waals surface area contributed by atoms with Crippen molar-refractivity contribution in [2.24, 2.45) is 5.73 Å². The van der Waals surface area contributed by atoms with E-state index in [4.69, 9.17) is 10.5 Å². The van der Waals surface area contributed by atoms with Crippen molar-refractivity contribution in [3.05, 3.63) is 66.0 Å². The number of anilines is 5. The molecule has 13 heteroatoms. The second kappa shape index (κ2) is 11.4. The van der Waals surface area contributed by atoms with Crippen molar-refractivity contribution in [3.63, 3.8) is 0 Å². The minimum absolute atomic E-state index is 0.0555. The van der Waals surface area contributed by atoms with Gasteiger partial charge in [0.25, 0.3) is 0 Å². The van der Waals surface area contributed by atoms with Crippen LogP contribution in [-0.4, -0.2) is 33.9 Å². The molecular weight excluding hydrogens is 491 g/mol. The average Bonchev–Trinajstić information content (AvgIpc) is 2.84. The van der Waals surface area contributed by atoms with Gasteiger partial charge in [0.2, 0.25) is 23.6 Å². The third-order valence-corrected chi connectivity index (χ3v) is 5.07. The van der Waals surface area contributed by atoms with Crippen LogP contribution < -0.4 is 26.4 Å². The highest BCUT2D eigenvalue weighted by atomic mass is 19.4. The summed E-state index contributed by atoms with van der Waals surface area (Å²) < 4.78 is 46.4. The third kappa shape index (κ3) is 7.16. The molecule has 0 aliphatic rings. The van der Waals surface area contributed by atoms with Gasteiger partial charge < -0.3 is 26.4 Å². The number of alkyl halides is 3. The molecule has 1 aromatic carbocycles. The smallest absolute Gasteiger partial charge is 0.421 e. The van der Waals surface area contributed by atoms with Crippen molar-refractivity contribution >= 4 is 40.6 Å². The van der Waals surface area contributed by atoms with E-state index < -0.39 is 29.4 Å². The van der Waals surface area contributed by atoms with Gasteiger partial charge >= 0.3 is 6.18 Å². The second-order valence-corrected chi connectivity index (χ2v) is 7.78. The summed E-state index contributed by atoms with van der Waals surface area (Å²) in [6.45, 7) is 5.13. The zero-order valence-electron chi connectivity index (χ0n) is 19.9. The van der Waals surface area contributed by atoms with Gasteiger partial charge in [-0.3, -0.25) is 9.59 Å². The molecule has 10 nitrogen and oxygen atoms in total. The SMILES string of the molecule is C=CC(=O)Nc1cc(CCC(N)=O)ccc1Nc1nc(Nc2cc(OC)ncc2C)ncc1C(F)(F)F. The maximum atomic E-state index is 13.8. The molecule has 0 bridgehead atoms. The summed E-state index contributed by atoms with van der Waals surface area (Å²) in [5.41, 5.74) is 6.14. The monoisotopic (exact) mass is 515 g/mol. The lowest BCUT2D eigenvalue weighted by molar-refractivity contribution is -0.137. The largest absolute Gasteiger partial charge is 0.481 e. The lowest BCUT2D eigenvalue weighted by Crippen LogP contribution is -2.15. The molecule has 0 fully saturated rings. The molecule has 0 radical (unpaired) electrons. The molecule has 0 aliphatic carbocycles. The zero-order chi connectivity index (χ0) is 27.2. The Balaban J connectivity index is 2.02. The van der Waals surface area contributed by atoms with Crippen LogP contribution in [0.3, 0.4) is 0 Å². The summed E-state index contributed by atoms with van der Waals surface area (Å²) in [5, 5.41) is 8.06. The van der Waals surface area contributed by atoms with Crippen LogP contribution in [0.15, 0.2) is 49.3 Å². The topological polar surface area (TPSA) is 144 Å². The van der Waals surface area contributed by atoms with Crippen molar-refractivity contribution < 1.29 is 27.5 Å². The van der Waals surface area contributed by atoms with Gasteiger partial charge in [-0.15, -0.1) is 0 Å². The molecule has 5 N–H and O–H groups in total. The lowest BCUT2D eigenvalue weighted by Gasteiger charge is -2.18. The Bertz CT molecular complexity index is 1330. The Kier molecular flexibility index (Phi) is 8.27. The van der Waals surface area contributed by atoms with Crippen molar-refractivity contribution in [1.82, 2.24) is 15.0 Å². The number of aromatic nitrogens is 3. The molecule has 37 heavy (non-hydrogen) atoms. The highest BCUT2D eigenvalue weighted by Gasteiger charge is 2.35. The molecule has 0 aliphatic heterocycles. The van der Waals surface area contributed by atoms with Crippen molar-refractivity contribution in [2.75, 3.05) is 23.1 Å². The number of methoxy groups -OCH3 is 1. The van der Waals surface area contributed by atoms with Gasteiger partial charge in [0.05, 0.1) is 24.2 Å². The molecule has 3 aromatic rings. The first-order valence-electron chi connectivity index (χ1n) is 10.8. The van der Waals surface area contributed by atoms with Crippen LogP contribution >= 0.6 is 0 Å². The highest BCUT2D eigenvalue weighted by molar-refractivity contribution is 6.01. The number of ether oxygens (including phenoxy) is 1. The number of hydrogen-bond acceptors (Lipinski definition) is 8. The van der Waals surface area contributed by atoms with E-state index in [2.05, 4.69) is 37.5 Å². The Labute approximate surface area is 210 Å². The van der Waals surface area contributed by atoms with Crippen LogP contribution in [0.5, 0.6) is 5.88 Å². The number of pyridine rings is 1.